The van der Waals surface area contributed by atoms with Gasteiger partial charge >= 0.3 is 5.97 Å². The minimum absolute atomic E-state index is 0.0693. The number of carbonyl (C=O) groups is 1. The highest BCUT2D eigenvalue weighted by molar-refractivity contribution is 5.82. The fraction of sp³-hybridized carbons (Fsp3) is 0.235. The van der Waals surface area contributed by atoms with Crippen molar-refractivity contribution in [2.24, 2.45) is 5.41 Å². The Morgan fingerprint density at radius 3 is 1.63 bits per heavy atom. The van der Waals surface area contributed by atoms with Crippen molar-refractivity contribution in [1.82, 2.24) is 0 Å². The van der Waals surface area contributed by atoms with Crippen LogP contribution in [0.3, 0.4) is 0 Å². The minimum atomic E-state index is -0.372. The largest absolute Gasteiger partial charge is 0.464 e. The van der Waals surface area contributed by atoms with Crippen LogP contribution < -0.4 is 0 Å². The van der Waals surface area contributed by atoms with Gasteiger partial charge in [-0.1, -0.05) is 60.7 Å². The van der Waals surface area contributed by atoms with Crippen molar-refractivity contribution < 1.29 is 9.53 Å². The molecule has 1 aliphatic rings. The van der Waals surface area contributed by atoms with Gasteiger partial charge < -0.3 is 4.74 Å². The highest BCUT2D eigenvalue weighted by Gasteiger charge is 2.49. The molecule has 0 aliphatic carbocycles. The van der Waals surface area contributed by atoms with Gasteiger partial charge in [0.1, 0.15) is 12.0 Å². The Kier molecular flexibility index (Phi) is 3.08. The summed E-state index contributed by atoms with van der Waals surface area (Å²) in [7, 11) is 0. The van der Waals surface area contributed by atoms with E-state index in [9.17, 15) is 4.79 Å². The molecule has 2 heteroatoms. The molecule has 0 atom stereocenters. The van der Waals surface area contributed by atoms with Crippen LogP contribution in [0.25, 0.3) is 0 Å². The molecule has 0 N–H and O–H groups in total. The molecule has 0 spiro atoms. The number of hydrogen-bond donors (Lipinski definition) is 0. The summed E-state index contributed by atoms with van der Waals surface area (Å²) in [5.41, 5.74) is 2.01. The minimum Gasteiger partial charge on any atom is -0.464 e. The van der Waals surface area contributed by atoms with Crippen molar-refractivity contribution in [3.63, 3.8) is 0 Å². The molecule has 2 nitrogen and oxygen atoms in total. The molecular weight excluding hydrogens is 236 g/mol. The fourth-order valence-corrected chi connectivity index (χ4v) is 2.62. The normalized spacial score (nSPS) is 16.5. The maximum Gasteiger partial charge on any atom is 0.316 e. The first kappa shape index (κ1) is 12.0. The van der Waals surface area contributed by atoms with Crippen molar-refractivity contribution in [3.8, 4) is 0 Å². The van der Waals surface area contributed by atoms with Crippen molar-refractivity contribution in [2.45, 2.75) is 12.8 Å². The predicted octanol–water partition coefficient (Wildman–Crippen LogP) is 3.02. The number of hydrogen-bond acceptors (Lipinski definition) is 2. The van der Waals surface area contributed by atoms with E-state index in [4.69, 9.17) is 4.74 Å². The van der Waals surface area contributed by atoms with E-state index in [1.54, 1.807) is 0 Å². The summed E-state index contributed by atoms with van der Waals surface area (Å²) in [5, 5.41) is 0. The third kappa shape index (κ3) is 2.39. The van der Waals surface area contributed by atoms with Crippen molar-refractivity contribution in [2.75, 3.05) is 6.61 Å². The van der Waals surface area contributed by atoms with Gasteiger partial charge in [0.15, 0.2) is 0 Å². The zero-order valence-corrected chi connectivity index (χ0v) is 10.7. The molecule has 0 amide bonds. The molecule has 1 aliphatic heterocycles. The second-order valence-electron chi connectivity index (χ2n) is 5.18. The number of ether oxygens (including phenoxy) is 1. The van der Waals surface area contributed by atoms with Crippen LogP contribution in [0.15, 0.2) is 60.7 Å². The fourth-order valence-electron chi connectivity index (χ4n) is 2.62. The SMILES string of the molecule is O=C1OCC1(Cc1ccccc1)Cc1ccccc1. The smallest absolute Gasteiger partial charge is 0.316 e. The molecule has 0 saturated carbocycles. The quantitative estimate of drug-likeness (QED) is 0.782. The Morgan fingerprint density at radius 1 is 0.842 bits per heavy atom. The zero-order valence-electron chi connectivity index (χ0n) is 10.7. The van der Waals surface area contributed by atoms with Gasteiger partial charge in [-0.25, -0.2) is 0 Å². The number of esters is 1. The van der Waals surface area contributed by atoms with Crippen molar-refractivity contribution in [1.29, 1.82) is 0 Å². The monoisotopic (exact) mass is 252 g/mol. The van der Waals surface area contributed by atoms with Crippen molar-refractivity contribution >= 4 is 5.97 Å². The van der Waals surface area contributed by atoms with E-state index in [0.717, 1.165) is 12.8 Å². The van der Waals surface area contributed by atoms with Crippen LogP contribution in [0.4, 0.5) is 0 Å². The first-order valence-electron chi connectivity index (χ1n) is 6.54. The number of cyclic esters (lactones) is 1. The van der Waals surface area contributed by atoms with Crippen LogP contribution in [0.1, 0.15) is 11.1 Å². The molecule has 96 valence electrons. The van der Waals surface area contributed by atoms with E-state index in [2.05, 4.69) is 24.3 Å². The lowest BCUT2D eigenvalue weighted by Gasteiger charge is -2.39. The second-order valence-corrected chi connectivity index (χ2v) is 5.18. The zero-order chi connectivity index (χ0) is 13.1. The standard InChI is InChI=1S/C17H16O2/c18-16-17(13-19-16,11-14-7-3-1-4-8-14)12-15-9-5-2-6-10-15/h1-10H,11-13H2. The molecular formula is C17H16O2. The molecule has 1 saturated heterocycles. The van der Waals surface area contributed by atoms with Gasteiger partial charge in [0.2, 0.25) is 0 Å². The van der Waals surface area contributed by atoms with Crippen LogP contribution in [-0.2, 0) is 22.4 Å². The summed E-state index contributed by atoms with van der Waals surface area (Å²) < 4.78 is 5.05. The lowest BCUT2D eigenvalue weighted by molar-refractivity contribution is -0.185. The Labute approximate surface area is 113 Å². The van der Waals surface area contributed by atoms with E-state index < -0.39 is 0 Å². The van der Waals surface area contributed by atoms with E-state index in [1.165, 1.54) is 11.1 Å². The lowest BCUT2D eigenvalue weighted by atomic mass is 9.74. The van der Waals surface area contributed by atoms with E-state index in [1.807, 2.05) is 36.4 Å². The Hall–Kier alpha value is -2.09. The summed E-state index contributed by atoms with van der Waals surface area (Å²) in [5.74, 6) is -0.0693. The summed E-state index contributed by atoms with van der Waals surface area (Å²) in [6.45, 7) is 0.523. The second kappa shape index (κ2) is 4.88. The van der Waals surface area contributed by atoms with Gasteiger partial charge in [-0.2, -0.15) is 0 Å². The Morgan fingerprint density at radius 2 is 1.32 bits per heavy atom. The average Bonchev–Trinajstić information content (AvgIpc) is 2.47. The molecule has 0 radical (unpaired) electrons. The number of rotatable bonds is 4. The third-order valence-corrected chi connectivity index (χ3v) is 3.68. The number of carbonyl (C=O) groups excluding carboxylic acids is 1. The van der Waals surface area contributed by atoms with Gasteiger partial charge in [-0.3, -0.25) is 4.79 Å². The maximum absolute atomic E-state index is 11.9. The number of benzene rings is 2. The molecule has 2 aromatic rings. The Bertz CT molecular complexity index is 519. The highest BCUT2D eigenvalue weighted by Crippen LogP contribution is 2.36. The first-order chi connectivity index (χ1) is 9.28. The maximum atomic E-state index is 11.9. The Balaban J connectivity index is 1.82. The van der Waals surface area contributed by atoms with E-state index in [-0.39, 0.29) is 11.4 Å². The van der Waals surface area contributed by atoms with Gasteiger partial charge in [-0.15, -0.1) is 0 Å². The molecule has 2 aromatic carbocycles. The first-order valence-corrected chi connectivity index (χ1v) is 6.54. The third-order valence-electron chi connectivity index (χ3n) is 3.68. The molecule has 0 unspecified atom stereocenters. The highest BCUT2D eigenvalue weighted by atomic mass is 16.6. The van der Waals surface area contributed by atoms with Crippen molar-refractivity contribution in [3.05, 3.63) is 71.8 Å². The van der Waals surface area contributed by atoms with Crippen LogP contribution >= 0.6 is 0 Å². The van der Waals surface area contributed by atoms with Crippen LogP contribution in [0, 0.1) is 5.41 Å². The lowest BCUT2D eigenvalue weighted by Crippen LogP contribution is -2.51. The van der Waals surface area contributed by atoms with Crippen LogP contribution in [0.5, 0.6) is 0 Å². The van der Waals surface area contributed by atoms with Gasteiger partial charge in [0.05, 0.1) is 0 Å². The van der Waals surface area contributed by atoms with E-state index >= 15 is 0 Å². The molecule has 1 fully saturated rings. The summed E-state index contributed by atoms with van der Waals surface area (Å²) in [4.78, 5) is 11.9. The van der Waals surface area contributed by atoms with E-state index in [0.29, 0.717) is 6.61 Å². The molecule has 19 heavy (non-hydrogen) atoms. The molecule has 3 rings (SSSR count). The topological polar surface area (TPSA) is 26.3 Å². The molecule has 1 heterocycles. The summed E-state index contributed by atoms with van der Waals surface area (Å²) >= 11 is 0. The predicted molar refractivity (Wildman–Crippen MR) is 73.7 cm³/mol. The average molecular weight is 252 g/mol. The summed E-state index contributed by atoms with van der Waals surface area (Å²) in [6.07, 6.45) is 1.50. The van der Waals surface area contributed by atoms with Gasteiger partial charge in [-0.05, 0) is 24.0 Å². The van der Waals surface area contributed by atoms with Gasteiger partial charge in [0, 0.05) is 0 Å². The van der Waals surface area contributed by atoms with Crippen LogP contribution in [-0.4, -0.2) is 12.6 Å². The molecule has 0 bridgehead atoms. The van der Waals surface area contributed by atoms with Crippen LogP contribution in [0.2, 0.25) is 0 Å². The van der Waals surface area contributed by atoms with Gasteiger partial charge in [0.25, 0.3) is 0 Å². The molecule has 0 aromatic heterocycles. The summed E-state index contributed by atoms with van der Waals surface area (Å²) in [6, 6.07) is 20.3.